The van der Waals surface area contributed by atoms with Gasteiger partial charge in [-0.05, 0) is 28.1 Å². The number of nitrogens with zero attached hydrogens (tertiary/aromatic N) is 1. The Morgan fingerprint density at radius 1 is 1.53 bits per heavy atom. The summed E-state index contributed by atoms with van der Waals surface area (Å²) in [7, 11) is -1.02. The van der Waals surface area contributed by atoms with Crippen molar-refractivity contribution in [1.82, 2.24) is 9.97 Å². The monoisotopic (exact) mass is 351 g/mol. The molecule has 0 amide bonds. The molecule has 1 aromatic carbocycles. The predicted molar refractivity (Wildman–Crippen MR) is 60.7 cm³/mol. The highest BCUT2D eigenvalue weighted by atomic mass is 79.9. The fraction of sp³-hybridized carbons (Fsp3) is 0.222. The van der Waals surface area contributed by atoms with Gasteiger partial charge in [-0.1, -0.05) is 13.0 Å². The Morgan fingerprint density at radius 3 is 2.87 bits per heavy atom. The van der Waals surface area contributed by atoms with Gasteiger partial charge in [-0.2, -0.15) is 0 Å². The van der Waals surface area contributed by atoms with E-state index in [1.54, 1.807) is 0 Å². The van der Waals surface area contributed by atoms with E-state index in [4.69, 9.17) is 0 Å². The van der Waals surface area contributed by atoms with E-state index in [1.165, 1.54) is 0 Å². The molecule has 0 bridgehead atoms. The Kier molecular flexibility index (Phi) is 4.48. The molecule has 1 aromatic heterocycles. The topological polar surface area (TPSA) is 45.8 Å². The number of benzene rings is 1. The van der Waals surface area contributed by atoms with E-state index in [0.29, 0.717) is 10.9 Å². The summed E-state index contributed by atoms with van der Waals surface area (Å²) in [5.74, 6) is 0.581. The van der Waals surface area contributed by atoms with Gasteiger partial charge in [0.05, 0.1) is 16.3 Å². The molecule has 0 spiro atoms. The van der Waals surface area contributed by atoms with Gasteiger partial charge in [0.2, 0.25) is 0 Å². The van der Waals surface area contributed by atoms with Crippen LogP contribution < -0.4 is 17.0 Å². The lowest BCUT2D eigenvalue weighted by Crippen LogP contribution is -3.00. The van der Waals surface area contributed by atoms with Crippen molar-refractivity contribution in [2.24, 2.45) is 0 Å². The Hall–Kier alpha value is -0.200. The fourth-order valence-electron chi connectivity index (χ4n) is 1.22. The first-order valence-electron chi connectivity index (χ1n) is 4.25. The third-order valence-corrected chi connectivity index (χ3v) is 3.71. The van der Waals surface area contributed by atoms with Gasteiger partial charge >= 0.3 is 0 Å². The largest absolute Gasteiger partial charge is 1.00 e. The molecule has 82 valence electrons. The lowest BCUT2D eigenvalue weighted by atomic mass is 10.3. The summed E-state index contributed by atoms with van der Waals surface area (Å²) in [6.07, 6.45) is 0. The number of H-pyrrole nitrogens is 1. The summed E-state index contributed by atoms with van der Waals surface area (Å²) in [6.45, 7) is 1.87. The van der Waals surface area contributed by atoms with Crippen LogP contribution in [0.4, 0.5) is 0 Å². The molecule has 0 saturated carbocycles. The van der Waals surface area contributed by atoms with Crippen molar-refractivity contribution in [2.45, 2.75) is 12.1 Å². The molecule has 2 aromatic rings. The van der Waals surface area contributed by atoms with Crippen LogP contribution in [0.2, 0.25) is 0 Å². The second kappa shape index (κ2) is 5.23. The Morgan fingerprint density at radius 2 is 2.27 bits per heavy atom. The number of imidazole rings is 1. The number of halogens is 2. The third-order valence-electron chi connectivity index (χ3n) is 1.92. The summed E-state index contributed by atoms with van der Waals surface area (Å²) < 4.78 is 12.4. The second-order valence-corrected chi connectivity index (χ2v) is 5.32. The summed E-state index contributed by atoms with van der Waals surface area (Å²) in [5.41, 5.74) is 1.75. The Labute approximate surface area is 109 Å². The molecular formula is C9H9Br2N2OS-. The zero-order valence-corrected chi connectivity index (χ0v) is 11.9. The van der Waals surface area contributed by atoms with Crippen molar-refractivity contribution in [3.8, 4) is 0 Å². The first-order chi connectivity index (χ1) is 6.72. The highest BCUT2D eigenvalue weighted by Gasteiger charge is 2.09. The standard InChI is InChI=1S/C9H9BrN2OS.BrH/c1-2-14(13)9-11-7-5-3-4-6(10)8(7)12-9;/h3-5H,2H2,1H3,(H,11,12);1H/p-1. The molecule has 1 N–H and O–H groups in total. The molecule has 1 unspecified atom stereocenters. The van der Waals surface area contributed by atoms with Crippen molar-refractivity contribution >= 4 is 37.8 Å². The maximum absolute atomic E-state index is 11.5. The highest BCUT2D eigenvalue weighted by molar-refractivity contribution is 9.10. The molecule has 1 atom stereocenters. The molecular weight excluding hydrogens is 344 g/mol. The SMILES string of the molecule is CCS(=O)c1nc2c(Br)cccc2[nH]1.[Br-]. The van der Waals surface area contributed by atoms with Gasteiger partial charge in [-0.3, -0.25) is 4.21 Å². The van der Waals surface area contributed by atoms with E-state index in [0.717, 1.165) is 15.5 Å². The minimum Gasteiger partial charge on any atom is -1.00 e. The normalized spacial score (nSPS) is 12.4. The van der Waals surface area contributed by atoms with Crippen LogP contribution in [0.15, 0.2) is 27.8 Å². The van der Waals surface area contributed by atoms with E-state index in [2.05, 4.69) is 25.9 Å². The molecule has 0 aliphatic rings. The fourth-order valence-corrected chi connectivity index (χ4v) is 2.36. The van der Waals surface area contributed by atoms with Crippen LogP contribution in [0.3, 0.4) is 0 Å². The van der Waals surface area contributed by atoms with Crippen LogP contribution in [0.5, 0.6) is 0 Å². The minimum atomic E-state index is -1.02. The van der Waals surface area contributed by atoms with Crippen molar-refractivity contribution in [3.05, 3.63) is 22.7 Å². The van der Waals surface area contributed by atoms with Gasteiger partial charge in [-0.15, -0.1) is 0 Å². The molecule has 0 aliphatic heterocycles. The van der Waals surface area contributed by atoms with E-state index in [9.17, 15) is 4.21 Å². The number of aromatic nitrogens is 2. The smallest absolute Gasteiger partial charge is 0.197 e. The quantitative estimate of drug-likeness (QED) is 0.788. The molecule has 15 heavy (non-hydrogen) atoms. The minimum absolute atomic E-state index is 0. The van der Waals surface area contributed by atoms with Crippen LogP contribution in [0.1, 0.15) is 6.92 Å². The van der Waals surface area contributed by atoms with Crippen molar-refractivity contribution in [1.29, 1.82) is 0 Å². The third kappa shape index (κ3) is 2.49. The maximum atomic E-state index is 11.5. The van der Waals surface area contributed by atoms with E-state index >= 15 is 0 Å². The number of nitrogens with one attached hydrogen (secondary N) is 1. The molecule has 6 heteroatoms. The van der Waals surface area contributed by atoms with Crippen LogP contribution in [-0.2, 0) is 10.8 Å². The average Bonchev–Trinajstić information content (AvgIpc) is 2.62. The number of hydrogen-bond donors (Lipinski definition) is 1. The van der Waals surface area contributed by atoms with E-state index < -0.39 is 10.8 Å². The van der Waals surface area contributed by atoms with Gasteiger partial charge in [0.1, 0.15) is 5.52 Å². The Bertz CT molecular complexity index is 498. The zero-order chi connectivity index (χ0) is 10.1. The van der Waals surface area contributed by atoms with E-state index in [1.807, 2.05) is 25.1 Å². The molecule has 3 nitrogen and oxygen atoms in total. The molecule has 0 fully saturated rings. The maximum Gasteiger partial charge on any atom is 0.197 e. The summed E-state index contributed by atoms with van der Waals surface area (Å²) in [4.78, 5) is 7.33. The summed E-state index contributed by atoms with van der Waals surface area (Å²) in [6, 6.07) is 5.76. The Balaban J connectivity index is 0.00000112. The zero-order valence-electron chi connectivity index (χ0n) is 7.96. The van der Waals surface area contributed by atoms with Crippen LogP contribution in [-0.4, -0.2) is 19.9 Å². The van der Waals surface area contributed by atoms with Crippen LogP contribution in [0.25, 0.3) is 11.0 Å². The number of fused-ring (bicyclic) bond motifs is 1. The number of rotatable bonds is 2. The van der Waals surface area contributed by atoms with Crippen molar-refractivity contribution < 1.29 is 21.2 Å². The molecule has 0 saturated heterocycles. The summed E-state index contributed by atoms with van der Waals surface area (Å²) in [5, 5.41) is 0.550. The first-order valence-corrected chi connectivity index (χ1v) is 6.36. The van der Waals surface area contributed by atoms with Gasteiger partial charge in [0.25, 0.3) is 0 Å². The molecule has 0 aliphatic carbocycles. The number of para-hydroxylation sites is 1. The van der Waals surface area contributed by atoms with Crippen molar-refractivity contribution in [2.75, 3.05) is 5.75 Å². The number of hydrogen-bond acceptors (Lipinski definition) is 2. The summed E-state index contributed by atoms with van der Waals surface area (Å²) >= 11 is 3.40. The lowest BCUT2D eigenvalue weighted by Gasteiger charge is -1.88. The molecule has 0 radical (unpaired) electrons. The predicted octanol–water partition coefficient (Wildman–Crippen LogP) is -0.543. The second-order valence-electron chi connectivity index (χ2n) is 2.81. The van der Waals surface area contributed by atoms with Gasteiger partial charge in [-0.25, -0.2) is 4.98 Å². The lowest BCUT2D eigenvalue weighted by molar-refractivity contribution is -0.00000384. The van der Waals surface area contributed by atoms with Crippen LogP contribution >= 0.6 is 15.9 Å². The van der Waals surface area contributed by atoms with Crippen LogP contribution in [0, 0.1) is 0 Å². The highest BCUT2D eigenvalue weighted by Crippen LogP contribution is 2.22. The number of aromatic amines is 1. The molecule has 1 heterocycles. The van der Waals surface area contributed by atoms with E-state index in [-0.39, 0.29) is 17.0 Å². The van der Waals surface area contributed by atoms with Gasteiger partial charge in [0.15, 0.2) is 5.16 Å². The first kappa shape index (κ1) is 12.9. The molecule has 2 rings (SSSR count). The van der Waals surface area contributed by atoms with Gasteiger partial charge < -0.3 is 22.0 Å². The van der Waals surface area contributed by atoms with Gasteiger partial charge in [0, 0.05) is 10.2 Å². The average molecular weight is 353 g/mol. The van der Waals surface area contributed by atoms with Crippen molar-refractivity contribution in [3.63, 3.8) is 0 Å².